The normalized spacial score (nSPS) is 10.8. The third-order valence-corrected chi connectivity index (χ3v) is 6.24. The molecule has 0 aliphatic heterocycles. The van der Waals surface area contributed by atoms with Gasteiger partial charge in [0.2, 0.25) is 0 Å². The first-order valence-electron chi connectivity index (χ1n) is 9.08. The Hall–Kier alpha value is -2.25. The van der Waals surface area contributed by atoms with Gasteiger partial charge in [-0.25, -0.2) is 9.37 Å². The number of rotatable bonds is 6. The number of nitrogens with one attached hydrogen (secondary N) is 2. The van der Waals surface area contributed by atoms with Gasteiger partial charge in [0, 0.05) is 27.4 Å². The van der Waals surface area contributed by atoms with Crippen LogP contribution in [0.3, 0.4) is 0 Å². The SMILES string of the molecule is CC(C)c1cc(Nc2ccc(Br)c(Br)c2)ncc1C(=O)NCc1ccc(F)cc1. The molecule has 7 heteroatoms. The predicted molar refractivity (Wildman–Crippen MR) is 121 cm³/mol. The minimum atomic E-state index is -0.299. The van der Waals surface area contributed by atoms with Crippen LogP contribution >= 0.6 is 31.9 Å². The van der Waals surface area contributed by atoms with Gasteiger partial charge in [-0.15, -0.1) is 0 Å². The topological polar surface area (TPSA) is 54.0 Å². The molecule has 0 spiro atoms. The van der Waals surface area contributed by atoms with E-state index in [2.05, 4.69) is 47.5 Å². The molecule has 3 aromatic rings. The summed E-state index contributed by atoms with van der Waals surface area (Å²) in [5.74, 6) is 0.301. The van der Waals surface area contributed by atoms with Crippen LogP contribution in [0, 0.1) is 5.82 Å². The van der Waals surface area contributed by atoms with Crippen LogP contribution in [0.15, 0.2) is 63.7 Å². The van der Waals surface area contributed by atoms with Gasteiger partial charge in [-0.05, 0) is 85.3 Å². The molecule has 4 nitrogen and oxygen atoms in total. The molecular formula is C22H20Br2FN3O. The lowest BCUT2D eigenvalue weighted by atomic mass is 9.98. The van der Waals surface area contributed by atoms with Crippen LogP contribution in [0.1, 0.15) is 41.3 Å². The molecule has 1 aromatic heterocycles. The predicted octanol–water partition coefficient (Wildman–Crippen LogP) is 6.54. The quantitative estimate of drug-likeness (QED) is 0.388. The second kappa shape index (κ2) is 9.50. The van der Waals surface area contributed by atoms with E-state index in [0.717, 1.165) is 25.8 Å². The maximum Gasteiger partial charge on any atom is 0.253 e. The maximum atomic E-state index is 13.0. The lowest BCUT2D eigenvalue weighted by Crippen LogP contribution is -2.24. The number of nitrogens with zero attached hydrogens (tertiary/aromatic N) is 1. The summed E-state index contributed by atoms with van der Waals surface area (Å²) in [5.41, 5.74) is 3.15. The number of hydrogen-bond donors (Lipinski definition) is 2. The van der Waals surface area contributed by atoms with Gasteiger partial charge in [0.15, 0.2) is 0 Å². The highest BCUT2D eigenvalue weighted by Crippen LogP contribution is 2.28. The number of pyridine rings is 1. The fourth-order valence-corrected chi connectivity index (χ4v) is 3.43. The summed E-state index contributed by atoms with van der Waals surface area (Å²) in [6.07, 6.45) is 1.59. The van der Waals surface area contributed by atoms with Crippen molar-refractivity contribution in [2.45, 2.75) is 26.3 Å². The van der Waals surface area contributed by atoms with Gasteiger partial charge in [-0.2, -0.15) is 0 Å². The first kappa shape index (κ1) is 21.5. The molecule has 0 radical (unpaired) electrons. The van der Waals surface area contributed by atoms with E-state index in [4.69, 9.17) is 0 Å². The van der Waals surface area contributed by atoms with E-state index in [0.29, 0.717) is 17.9 Å². The number of carbonyl (C=O) groups is 1. The molecule has 2 N–H and O–H groups in total. The molecule has 0 saturated carbocycles. The van der Waals surface area contributed by atoms with E-state index < -0.39 is 0 Å². The molecule has 2 aromatic carbocycles. The summed E-state index contributed by atoms with van der Waals surface area (Å²) >= 11 is 6.94. The highest BCUT2D eigenvalue weighted by Gasteiger charge is 2.16. The summed E-state index contributed by atoms with van der Waals surface area (Å²) in [6.45, 7) is 4.39. The zero-order valence-corrected chi connectivity index (χ0v) is 19.1. The van der Waals surface area contributed by atoms with Crippen LogP contribution in [0.5, 0.6) is 0 Å². The average Bonchev–Trinajstić information content (AvgIpc) is 2.70. The summed E-state index contributed by atoms with van der Waals surface area (Å²) in [7, 11) is 0. The number of benzene rings is 2. The molecule has 0 fully saturated rings. The van der Waals surface area contributed by atoms with Crippen molar-refractivity contribution in [1.82, 2.24) is 10.3 Å². The lowest BCUT2D eigenvalue weighted by Gasteiger charge is -2.15. The van der Waals surface area contributed by atoms with Crippen LogP contribution < -0.4 is 10.6 Å². The van der Waals surface area contributed by atoms with Gasteiger partial charge in [-0.1, -0.05) is 26.0 Å². The van der Waals surface area contributed by atoms with Crippen LogP contribution in [-0.2, 0) is 6.54 Å². The molecule has 0 unspecified atom stereocenters. The Bertz CT molecular complexity index is 1020. The third kappa shape index (κ3) is 5.64. The zero-order valence-electron chi connectivity index (χ0n) is 16.0. The summed E-state index contributed by atoms with van der Waals surface area (Å²) in [5, 5.41) is 6.15. The van der Waals surface area contributed by atoms with Crippen LogP contribution in [0.4, 0.5) is 15.9 Å². The van der Waals surface area contributed by atoms with Gasteiger partial charge in [0.1, 0.15) is 11.6 Å². The van der Waals surface area contributed by atoms with E-state index in [-0.39, 0.29) is 17.6 Å². The van der Waals surface area contributed by atoms with Crippen molar-refractivity contribution in [3.8, 4) is 0 Å². The largest absolute Gasteiger partial charge is 0.348 e. The third-order valence-electron chi connectivity index (χ3n) is 4.36. The minimum Gasteiger partial charge on any atom is -0.348 e. The van der Waals surface area contributed by atoms with Crippen molar-refractivity contribution in [2.24, 2.45) is 0 Å². The van der Waals surface area contributed by atoms with E-state index >= 15 is 0 Å². The molecular weight excluding hydrogens is 501 g/mol. The fourth-order valence-electron chi connectivity index (χ4n) is 2.81. The van der Waals surface area contributed by atoms with E-state index in [1.54, 1.807) is 18.3 Å². The number of carbonyl (C=O) groups excluding carboxylic acids is 1. The van der Waals surface area contributed by atoms with E-state index in [1.807, 2.05) is 38.1 Å². The van der Waals surface area contributed by atoms with Crippen molar-refractivity contribution in [3.05, 3.63) is 86.2 Å². The van der Waals surface area contributed by atoms with Crippen molar-refractivity contribution in [1.29, 1.82) is 0 Å². The molecule has 0 bridgehead atoms. The molecule has 150 valence electrons. The standard InChI is InChI=1S/C22H20Br2FN3O/c1-13(2)17-10-21(28-16-7-8-19(23)20(24)9-16)26-12-18(17)22(29)27-11-14-3-5-15(25)6-4-14/h3-10,12-13H,11H2,1-2H3,(H,26,28)(H,27,29). The molecule has 0 aliphatic carbocycles. The van der Waals surface area contributed by atoms with Crippen molar-refractivity contribution in [2.75, 3.05) is 5.32 Å². The second-order valence-electron chi connectivity index (χ2n) is 6.87. The van der Waals surface area contributed by atoms with Gasteiger partial charge in [0.25, 0.3) is 5.91 Å². The second-order valence-corrected chi connectivity index (χ2v) is 8.58. The number of aromatic nitrogens is 1. The number of hydrogen-bond acceptors (Lipinski definition) is 3. The van der Waals surface area contributed by atoms with Crippen LogP contribution in [0.25, 0.3) is 0 Å². The Morgan fingerprint density at radius 2 is 1.79 bits per heavy atom. The molecule has 3 rings (SSSR count). The first-order valence-corrected chi connectivity index (χ1v) is 10.7. The summed E-state index contributed by atoms with van der Waals surface area (Å²) in [6, 6.07) is 13.8. The molecule has 1 amide bonds. The Morgan fingerprint density at radius 3 is 2.45 bits per heavy atom. The van der Waals surface area contributed by atoms with Gasteiger partial charge < -0.3 is 10.6 Å². The minimum absolute atomic E-state index is 0.141. The number of anilines is 2. The van der Waals surface area contributed by atoms with Gasteiger partial charge >= 0.3 is 0 Å². The van der Waals surface area contributed by atoms with Crippen LogP contribution in [0.2, 0.25) is 0 Å². The van der Waals surface area contributed by atoms with E-state index in [9.17, 15) is 9.18 Å². The summed E-state index contributed by atoms with van der Waals surface area (Å²) in [4.78, 5) is 17.1. The fraction of sp³-hybridized carbons (Fsp3) is 0.182. The van der Waals surface area contributed by atoms with Crippen molar-refractivity contribution >= 4 is 49.3 Å². The number of amides is 1. The Morgan fingerprint density at radius 1 is 1.07 bits per heavy atom. The maximum absolute atomic E-state index is 13.0. The van der Waals surface area contributed by atoms with Gasteiger partial charge in [0.05, 0.1) is 5.56 Å². The molecule has 0 saturated heterocycles. The molecule has 29 heavy (non-hydrogen) atoms. The molecule has 0 atom stereocenters. The molecule has 1 heterocycles. The van der Waals surface area contributed by atoms with Crippen molar-refractivity contribution in [3.63, 3.8) is 0 Å². The monoisotopic (exact) mass is 519 g/mol. The molecule has 0 aliphatic rings. The Balaban J connectivity index is 1.77. The zero-order chi connectivity index (χ0) is 21.0. The van der Waals surface area contributed by atoms with Crippen molar-refractivity contribution < 1.29 is 9.18 Å². The highest BCUT2D eigenvalue weighted by molar-refractivity contribution is 9.13. The Labute approximate surface area is 186 Å². The Kier molecular flexibility index (Phi) is 7.03. The number of halogens is 3. The highest BCUT2D eigenvalue weighted by atomic mass is 79.9. The average molecular weight is 521 g/mol. The lowest BCUT2D eigenvalue weighted by molar-refractivity contribution is 0.0949. The van der Waals surface area contributed by atoms with Crippen LogP contribution in [-0.4, -0.2) is 10.9 Å². The smallest absolute Gasteiger partial charge is 0.253 e. The van der Waals surface area contributed by atoms with Gasteiger partial charge in [-0.3, -0.25) is 4.79 Å². The van der Waals surface area contributed by atoms with E-state index in [1.165, 1.54) is 12.1 Å². The first-order chi connectivity index (χ1) is 13.8. The summed E-state index contributed by atoms with van der Waals surface area (Å²) < 4.78 is 14.9.